The average molecular weight is 245 g/mol. The van der Waals surface area contributed by atoms with Gasteiger partial charge in [-0.25, -0.2) is 19.8 Å². The maximum Gasteiger partial charge on any atom is 0.238 e. The summed E-state index contributed by atoms with van der Waals surface area (Å²) in [6, 6.07) is 0. The Hall–Kier alpha value is -1.16. The van der Waals surface area contributed by atoms with Crippen LogP contribution in [0, 0.1) is 5.41 Å². The Bertz CT molecular complexity index is 302. The van der Waals surface area contributed by atoms with Crippen LogP contribution in [0.1, 0.15) is 0 Å². The van der Waals surface area contributed by atoms with Gasteiger partial charge >= 0.3 is 0 Å². The van der Waals surface area contributed by atoms with Crippen LogP contribution < -0.4 is 0 Å². The topological polar surface area (TPSA) is 99.8 Å². The smallest absolute Gasteiger partial charge is 0.222 e. The lowest BCUT2D eigenvalue weighted by Crippen LogP contribution is -2.27. The first-order chi connectivity index (χ1) is 7.24. The fourth-order valence-corrected chi connectivity index (χ4v) is 3.27. The molecule has 1 fully saturated rings. The van der Waals surface area contributed by atoms with Gasteiger partial charge in [0.15, 0.2) is 0 Å². The van der Waals surface area contributed by atoms with Crippen molar-refractivity contribution in [2.45, 2.75) is 4.99 Å². The SMILES string of the molecule is N=C=O.O=C=NC1(N=C=O)CSCCS1. The Morgan fingerprint density at radius 1 is 1.13 bits per heavy atom. The molecule has 15 heavy (non-hydrogen) atoms. The van der Waals surface area contributed by atoms with E-state index in [1.54, 1.807) is 11.8 Å². The second-order valence-corrected chi connectivity index (χ2v) is 4.61. The fourth-order valence-electron chi connectivity index (χ4n) is 0.808. The van der Waals surface area contributed by atoms with E-state index >= 15 is 0 Å². The predicted octanol–water partition coefficient (Wildman–Crippen LogP) is 0.693. The summed E-state index contributed by atoms with van der Waals surface area (Å²) in [6.45, 7) is 0. The van der Waals surface area contributed by atoms with E-state index in [9.17, 15) is 9.59 Å². The molecule has 0 aromatic rings. The van der Waals surface area contributed by atoms with Crippen LogP contribution in [0.3, 0.4) is 0 Å². The highest BCUT2D eigenvalue weighted by atomic mass is 32.2. The van der Waals surface area contributed by atoms with Gasteiger partial charge in [0.25, 0.3) is 0 Å². The number of isocyanates is 3. The number of hydrogen-bond donors (Lipinski definition) is 1. The summed E-state index contributed by atoms with van der Waals surface area (Å²) < 4.78 is 0. The molecule has 0 saturated carbocycles. The molecule has 1 saturated heterocycles. The van der Waals surface area contributed by atoms with E-state index in [1.165, 1.54) is 23.9 Å². The van der Waals surface area contributed by atoms with Gasteiger partial charge in [-0.2, -0.15) is 21.7 Å². The highest BCUT2D eigenvalue weighted by molar-refractivity contribution is 8.07. The predicted molar refractivity (Wildman–Crippen MR) is 57.2 cm³/mol. The lowest BCUT2D eigenvalue weighted by atomic mass is 10.6. The first-order valence-corrected chi connectivity index (χ1v) is 5.82. The number of rotatable bonds is 2. The van der Waals surface area contributed by atoms with Crippen molar-refractivity contribution < 1.29 is 14.4 Å². The van der Waals surface area contributed by atoms with Gasteiger partial charge in [0.05, 0.1) is 5.75 Å². The second-order valence-electron chi connectivity index (χ2n) is 2.15. The number of thioether (sulfide) groups is 2. The molecule has 0 aromatic carbocycles. The monoisotopic (exact) mass is 245 g/mol. The van der Waals surface area contributed by atoms with Crippen LogP contribution in [-0.2, 0) is 14.4 Å². The first kappa shape index (κ1) is 13.8. The van der Waals surface area contributed by atoms with Gasteiger partial charge < -0.3 is 0 Å². The Morgan fingerprint density at radius 2 is 1.67 bits per heavy atom. The summed E-state index contributed by atoms with van der Waals surface area (Å²) in [7, 11) is 0. The van der Waals surface area contributed by atoms with Crippen molar-refractivity contribution in [2.24, 2.45) is 9.98 Å². The van der Waals surface area contributed by atoms with Gasteiger partial charge in [-0.3, -0.25) is 0 Å². The molecule has 1 rings (SSSR count). The summed E-state index contributed by atoms with van der Waals surface area (Å²) in [5, 5.41) is 5.40. The van der Waals surface area contributed by atoms with Crippen LogP contribution in [0.4, 0.5) is 0 Å². The third-order valence-corrected chi connectivity index (χ3v) is 4.03. The number of carbonyl (C=O) groups excluding carboxylic acids is 3. The van der Waals surface area contributed by atoms with Gasteiger partial charge in [0, 0.05) is 11.5 Å². The molecule has 0 bridgehead atoms. The molecule has 0 amide bonds. The molecular weight excluding hydrogens is 238 g/mol. The van der Waals surface area contributed by atoms with E-state index in [4.69, 9.17) is 10.2 Å². The number of nitrogens with zero attached hydrogens (tertiary/aromatic N) is 2. The molecule has 1 aliphatic heterocycles. The fraction of sp³-hybridized carbons (Fsp3) is 0.571. The zero-order valence-corrected chi connectivity index (χ0v) is 9.19. The second kappa shape index (κ2) is 8.17. The molecule has 1 aliphatic rings. The largest absolute Gasteiger partial charge is 0.238 e. The Balaban J connectivity index is 0.000000583. The highest BCUT2D eigenvalue weighted by Crippen LogP contribution is 2.36. The average Bonchev–Trinajstić information content (AvgIpc) is 2.21. The quantitative estimate of drug-likeness (QED) is 0.570. The highest BCUT2D eigenvalue weighted by Gasteiger charge is 2.32. The van der Waals surface area contributed by atoms with E-state index in [0.717, 1.165) is 17.6 Å². The molecule has 80 valence electrons. The first-order valence-electron chi connectivity index (χ1n) is 3.68. The van der Waals surface area contributed by atoms with Crippen LogP contribution >= 0.6 is 23.5 Å². The van der Waals surface area contributed by atoms with E-state index in [1.807, 2.05) is 0 Å². The lowest BCUT2D eigenvalue weighted by Gasteiger charge is -2.24. The third kappa shape index (κ3) is 5.32. The van der Waals surface area contributed by atoms with Crippen LogP contribution in [0.5, 0.6) is 0 Å². The summed E-state index contributed by atoms with van der Waals surface area (Å²) in [4.78, 5) is 34.5. The van der Waals surface area contributed by atoms with Crippen molar-refractivity contribution in [3.8, 4) is 0 Å². The van der Waals surface area contributed by atoms with Crippen LogP contribution in [0.15, 0.2) is 9.98 Å². The van der Waals surface area contributed by atoms with Gasteiger partial charge in [0.1, 0.15) is 0 Å². The van der Waals surface area contributed by atoms with Crippen molar-refractivity contribution in [3.63, 3.8) is 0 Å². The van der Waals surface area contributed by atoms with E-state index < -0.39 is 4.99 Å². The van der Waals surface area contributed by atoms with Gasteiger partial charge in [-0.05, 0) is 0 Å². The van der Waals surface area contributed by atoms with Crippen molar-refractivity contribution in [1.29, 1.82) is 5.41 Å². The maximum atomic E-state index is 10.0. The Labute approximate surface area is 94.1 Å². The normalized spacial score (nSPS) is 23.2. The molecule has 0 aromatic heterocycles. The van der Waals surface area contributed by atoms with E-state index in [-0.39, 0.29) is 0 Å². The van der Waals surface area contributed by atoms with Gasteiger partial charge in [-0.15, -0.1) is 11.8 Å². The van der Waals surface area contributed by atoms with Crippen molar-refractivity contribution >= 4 is 41.8 Å². The molecular formula is C7H7N3O3S2. The van der Waals surface area contributed by atoms with E-state index in [2.05, 4.69) is 9.98 Å². The molecule has 0 spiro atoms. The Morgan fingerprint density at radius 3 is 2.00 bits per heavy atom. The zero-order chi connectivity index (χ0) is 11.6. The summed E-state index contributed by atoms with van der Waals surface area (Å²) in [6.07, 6.45) is 3.61. The number of nitrogens with one attached hydrogen (secondary N) is 1. The van der Waals surface area contributed by atoms with Crippen molar-refractivity contribution in [1.82, 2.24) is 0 Å². The van der Waals surface area contributed by atoms with Crippen LogP contribution in [0.25, 0.3) is 0 Å². The van der Waals surface area contributed by atoms with Crippen molar-refractivity contribution in [3.05, 3.63) is 0 Å². The number of aliphatic imine (C=N–C) groups is 2. The molecule has 0 atom stereocenters. The van der Waals surface area contributed by atoms with Gasteiger partial charge in [0.2, 0.25) is 23.2 Å². The molecule has 0 aliphatic carbocycles. The molecule has 0 radical (unpaired) electrons. The van der Waals surface area contributed by atoms with Crippen molar-refractivity contribution in [2.75, 3.05) is 17.3 Å². The van der Waals surface area contributed by atoms with Gasteiger partial charge in [-0.1, -0.05) is 0 Å². The minimum Gasteiger partial charge on any atom is -0.222 e. The lowest BCUT2D eigenvalue weighted by molar-refractivity contribution is 0.549. The third-order valence-electron chi connectivity index (χ3n) is 1.29. The van der Waals surface area contributed by atoms with Crippen LogP contribution in [-0.4, -0.2) is 40.5 Å². The van der Waals surface area contributed by atoms with Crippen LogP contribution in [0.2, 0.25) is 0 Å². The molecule has 1 heterocycles. The number of hydrogen-bond acceptors (Lipinski definition) is 8. The molecule has 6 nitrogen and oxygen atoms in total. The summed E-state index contributed by atoms with van der Waals surface area (Å²) >= 11 is 3.00. The molecule has 8 heteroatoms. The minimum atomic E-state index is -0.938. The summed E-state index contributed by atoms with van der Waals surface area (Å²) in [5.74, 6) is 2.37. The summed E-state index contributed by atoms with van der Waals surface area (Å²) in [5.41, 5.74) is 0. The Kier molecular flexibility index (Phi) is 7.54. The minimum absolute atomic E-state index is 0.544. The zero-order valence-electron chi connectivity index (χ0n) is 7.56. The standard InChI is InChI=1S/C6H6N2O2S2.CHNO/c9-4-7-6(8-5-10)3-11-1-2-12-6;2-1-3/h1-3H2;2H. The molecule has 1 N–H and O–H groups in total. The van der Waals surface area contributed by atoms with E-state index in [0.29, 0.717) is 5.75 Å². The maximum absolute atomic E-state index is 10.0. The molecule has 0 unspecified atom stereocenters.